The summed E-state index contributed by atoms with van der Waals surface area (Å²) in [4.78, 5) is 12.2. The maximum Gasteiger partial charge on any atom is 0.253 e. The molecule has 36 heavy (non-hydrogen) atoms. The van der Waals surface area contributed by atoms with E-state index in [1.807, 2.05) is 10.7 Å². The van der Waals surface area contributed by atoms with Crippen LogP contribution in [-0.4, -0.2) is 34.3 Å². The van der Waals surface area contributed by atoms with Crippen molar-refractivity contribution in [3.8, 4) is 5.69 Å². The predicted octanol–water partition coefficient (Wildman–Crippen LogP) is 5.55. The zero-order valence-corrected chi connectivity index (χ0v) is 22.9. The largest absolute Gasteiger partial charge is 0.382 e. The summed E-state index contributed by atoms with van der Waals surface area (Å²) in [5.41, 5.74) is 10.6. The van der Waals surface area contributed by atoms with E-state index in [1.54, 1.807) is 0 Å². The van der Waals surface area contributed by atoms with Crippen LogP contribution in [0.15, 0.2) is 12.1 Å². The molecule has 2 aromatic rings. The molecule has 1 amide bonds. The van der Waals surface area contributed by atoms with Crippen LogP contribution in [0.2, 0.25) is 0 Å². The topological polar surface area (TPSA) is 85.0 Å². The number of aryl methyl sites for hydroxylation is 1. The Morgan fingerprint density at radius 2 is 1.86 bits per heavy atom. The Balaban J connectivity index is 1.60. The van der Waals surface area contributed by atoms with Crippen molar-refractivity contribution in [2.24, 2.45) is 16.6 Å². The van der Waals surface area contributed by atoms with E-state index in [9.17, 15) is 4.79 Å². The monoisotopic (exact) mass is 497 g/mol. The summed E-state index contributed by atoms with van der Waals surface area (Å²) in [6.45, 7) is 14.4. The van der Waals surface area contributed by atoms with Gasteiger partial charge in [0.05, 0.1) is 22.6 Å². The maximum absolute atomic E-state index is 15.4. The number of rotatable bonds is 7. The lowest BCUT2D eigenvalue weighted by Crippen LogP contribution is -2.40. The third kappa shape index (κ3) is 5.93. The second-order valence-corrected chi connectivity index (χ2v) is 12.8. The van der Waals surface area contributed by atoms with Gasteiger partial charge in [-0.3, -0.25) is 4.79 Å². The number of nitrogens with two attached hydrogens (primary N) is 1. The van der Waals surface area contributed by atoms with Crippen molar-refractivity contribution in [2.45, 2.75) is 105 Å². The maximum atomic E-state index is 15.4. The second-order valence-electron chi connectivity index (χ2n) is 12.8. The number of amides is 1. The van der Waals surface area contributed by atoms with Gasteiger partial charge in [0.2, 0.25) is 0 Å². The fourth-order valence-electron chi connectivity index (χ4n) is 5.70. The van der Waals surface area contributed by atoms with E-state index >= 15 is 4.39 Å². The lowest BCUT2D eigenvalue weighted by atomic mass is 9.76. The van der Waals surface area contributed by atoms with Crippen LogP contribution in [0.25, 0.3) is 5.69 Å². The van der Waals surface area contributed by atoms with Gasteiger partial charge in [0.15, 0.2) is 0 Å². The molecular weight excluding hydrogens is 453 g/mol. The van der Waals surface area contributed by atoms with E-state index in [4.69, 9.17) is 10.8 Å². The zero-order valence-electron chi connectivity index (χ0n) is 22.9. The van der Waals surface area contributed by atoms with Crippen LogP contribution in [0, 0.1) is 16.6 Å². The second kappa shape index (κ2) is 10.2. The molecule has 0 radical (unpaired) electrons. The van der Waals surface area contributed by atoms with E-state index < -0.39 is 11.7 Å². The Hall–Kier alpha value is -2.41. The summed E-state index contributed by atoms with van der Waals surface area (Å²) >= 11 is 0. The standard InChI is InChI=1S/C29H44FN5O/c1-7-23-21-12-13-29(5,6)16-25(21)35(34-23)20-14-22(30)26(27(31)36)24(15-20)33-19-10-8-18(9-11-19)32-17-28(2,3)4/h14-15,18-19,32-33H,7-13,16-17H2,1-6H3,(H2,31,36). The molecule has 2 aliphatic rings. The number of nitrogens with zero attached hydrogens (tertiary/aromatic N) is 2. The average molecular weight is 498 g/mol. The first-order chi connectivity index (χ1) is 16.9. The molecule has 0 spiro atoms. The molecule has 4 N–H and O–H groups in total. The van der Waals surface area contributed by atoms with Crippen LogP contribution < -0.4 is 16.4 Å². The number of carbonyl (C=O) groups excluding carboxylic acids is 1. The highest BCUT2D eigenvalue weighted by molar-refractivity contribution is 5.99. The molecule has 7 heteroatoms. The van der Waals surface area contributed by atoms with Gasteiger partial charge in [-0.2, -0.15) is 5.10 Å². The molecule has 4 rings (SSSR count). The number of nitrogens with one attached hydrogen (secondary N) is 2. The first-order valence-electron chi connectivity index (χ1n) is 13.6. The van der Waals surface area contributed by atoms with Crippen LogP contribution >= 0.6 is 0 Å². The molecule has 2 aliphatic carbocycles. The minimum atomic E-state index is -0.750. The van der Waals surface area contributed by atoms with Crippen molar-refractivity contribution in [3.05, 3.63) is 40.5 Å². The fraction of sp³-hybridized carbons (Fsp3) is 0.655. The summed E-state index contributed by atoms with van der Waals surface area (Å²) < 4.78 is 17.3. The highest BCUT2D eigenvalue weighted by Crippen LogP contribution is 2.38. The van der Waals surface area contributed by atoms with E-state index in [1.165, 1.54) is 11.6 Å². The number of carbonyl (C=O) groups is 1. The molecule has 1 aromatic heterocycles. The molecule has 1 aromatic carbocycles. The number of halogens is 1. The number of primary amides is 1. The molecular formula is C29H44FN5O. The van der Waals surface area contributed by atoms with Gasteiger partial charge in [0.1, 0.15) is 5.82 Å². The fourth-order valence-corrected chi connectivity index (χ4v) is 5.70. The third-order valence-corrected chi connectivity index (χ3v) is 7.78. The first-order valence-corrected chi connectivity index (χ1v) is 13.6. The van der Waals surface area contributed by atoms with Crippen molar-refractivity contribution in [2.75, 3.05) is 11.9 Å². The molecule has 0 bridgehead atoms. The number of aromatic nitrogens is 2. The molecule has 0 atom stereocenters. The van der Waals surface area contributed by atoms with Gasteiger partial charge in [0.25, 0.3) is 5.91 Å². The van der Waals surface area contributed by atoms with Gasteiger partial charge >= 0.3 is 0 Å². The molecule has 0 unspecified atom stereocenters. The van der Waals surface area contributed by atoms with Crippen molar-refractivity contribution in [1.82, 2.24) is 15.1 Å². The van der Waals surface area contributed by atoms with Gasteiger partial charge in [-0.15, -0.1) is 0 Å². The number of fused-ring (bicyclic) bond motifs is 1. The quantitative estimate of drug-likeness (QED) is 0.468. The number of anilines is 1. The Morgan fingerprint density at radius 3 is 2.47 bits per heavy atom. The van der Waals surface area contributed by atoms with Gasteiger partial charge < -0.3 is 16.4 Å². The highest BCUT2D eigenvalue weighted by Gasteiger charge is 2.32. The lowest BCUT2D eigenvalue weighted by Gasteiger charge is -2.33. The summed E-state index contributed by atoms with van der Waals surface area (Å²) in [5.74, 6) is -1.35. The SMILES string of the molecule is CCc1nn(-c2cc(F)c(C(N)=O)c(NC3CCC(NCC(C)(C)C)CC3)c2)c2c1CCC(C)(C)C2. The molecule has 0 saturated heterocycles. The van der Waals surface area contributed by atoms with E-state index in [0.29, 0.717) is 17.4 Å². The molecule has 198 valence electrons. The predicted molar refractivity (Wildman–Crippen MR) is 144 cm³/mol. The summed E-state index contributed by atoms with van der Waals surface area (Å²) in [5, 5.41) is 12.1. The Bertz CT molecular complexity index is 1110. The first kappa shape index (κ1) is 26.6. The Kier molecular flexibility index (Phi) is 7.52. The van der Waals surface area contributed by atoms with E-state index in [2.05, 4.69) is 52.2 Å². The minimum Gasteiger partial charge on any atom is -0.382 e. The molecule has 6 nitrogen and oxygen atoms in total. The molecule has 1 heterocycles. The number of benzene rings is 1. The van der Waals surface area contributed by atoms with Crippen LogP contribution in [0.4, 0.5) is 10.1 Å². The summed E-state index contributed by atoms with van der Waals surface area (Å²) in [7, 11) is 0. The number of hydrogen-bond donors (Lipinski definition) is 3. The summed E-state index contributed by atoms with van der Waals surface area (Å²) in [6.07, 6.45) is 7.85. The van der Waals surface area contributed by atoms with Crippen LogP contribution in [0.3, 0.4) is 0 Å². The molecule has 1 saturated carbocycles. The summed E-state index contributed by atoms with van der Waals surface area (Å²) in [6, 6.07) is 3.93. The minimum absolute atomic E-state index is 0.0659. The number of hydrogen-bond acceptors (Lipinski definition) is 4. The van der Waals surface area contributed by atoms with Crippen LogP contribution in [0.1, 0.15) is 101 Å². The van der Waals surface area contributed by atoms with Gasteiger partial charge in [-0.1, -0.05) is 41.5 Å². The molecule has 0 aliphatic heterocycles. The van der Waals surface area contributed by atoms with Crippen molar-refractivity contribution in [3.63, 3.8) is 0 Å². The van der Waals surface area contributed by atoms with Crippen molar-refractivity contribution >= 4 is 11.6 Å². The van der Waals surface area contributed by atoms with Gasteiger partial charge in [-0.05, 0) is 73.8 Å². The Labute approximate surface area is 215 Å². The smallest absolute Gasteiger partial charge is 0.253 e. The Morgan fingerprint density at radius 1 is 1.19 bits per heavy atom. The average Bonchev–Trinajstić information content (AvgIpc) is 3.14. The third-order valence-electron chi connectivity index (χ3n) is 7.78. The lowest BCUT2D eigenvalue weighted by molar-refractivity contribution is 0.0997. The van der Waals surface area contributed by atoms with Gasteiger partial charge in [0, 0.05) is 30.4 Å². The highest BCUT2D eigenvalue weighted by atomic mass is 19.1. The van der Waals surface area contributed by atoms with E-state index in [-0.39, 0.29) is 22.4 Å². The zero-order chi connectivity index (χ0) is 26.3. The van der Waals surface area contributed by atoms with E-state index in [0.717, 1.165) is 69.3 Å². The van der Waals surface area contributed by atoms with Crippen molar-refractivity contribution < 1.29 is 9.18 Å². The van der Waals surface area contributed by atoms with Crippen LogP contribution in [-0.2, 0) is 19.3 Å². The van der Waals surface area contributed by atoms with Crippen molar-refractivity contribution in [1.29, 1.82) is 0 Å². The normalized spacial score (nSPS) is 21.8. The van der Waals surface area contributed by atoms with Gasteiger partial charge in [-0.25, -0.2) is 9.07 Å². The van der Waals surface area contributed by atoms with Crippen LogP contribution in [0.5, 0.6) is 0 Å². The molecule has 1 fully saturated rings.